The van der Waals surface area contributed by atoms with Gasteiger partial charge in [-0.1, -0.05) is 32.9 Å². The Kier molecular flexibility index (Phi) is 4.43. The summed E-state index contributed by atoms with van der Waals surface area (Å²) in [5, 5.41) is 0.489. The van der Waals surface area contributed by atoms with E-state index in [-0.39, 0.29) is 23.0 Å². The number of hydrogen-bond donors (Lipinski definition) is 0. The first-order chi connectivity index (χ1) is 9.15. The summed E-state index contributed by atoms with van der Waals surface area (Å²) in [5.74, 6) is 1.30. The first-order valence-electron chi connectivity index (χ1n) is 7.40. The third-order valence-electron chi connectivity index (χ3n) is 4.81. The zero-order valence-corrected chi connectivity index (χ0v) is 15.3. The second-order valence-corrected chi connectivity index (χ2v) is 13.2. The monoisotopic (exact) mass is 313 g/mol. The highest BCUT2D eigenvalue weighted by Crippen LogP contribution is 2.43. The fraction of sp³-hybridized carbons (Fsp3) is 0.800. The van der Waals surface area contributed by atoms with E-state index in [2.05, 4.69) is 52.9 Å². The van der Waals surface area contributed by atoms with E-state index in [9.17, 15) is 4.79 Å². The van der Waals surface area contributed by atoms with E-state index in [1.165, 1.54) is 0 Å². The molecule has 114 valence electrons. The largest absolute Gasteiger partial charge is 0.413 e. The van der Waals surface area contributed by atoms with E-state index in [0.717, 1.165) is 12.3 Å². The molecule has 2 aliphatic heterocycles. The van der Waals surface area contributed by atoms with Crippen molar-refractivity contribution < 1.29 is 9.22 Å². The van der Waals surface area contributed by atoms with Crippen LogP contribution in [0, 0.1) is 5.92 Å². The number of carbonyl (C=O) groups excluding carboxylic acids is 1. The van der Waals surface area contributed by atoms with Crippen LogP contribution in [0.4, 0.5) is 0 Å². The van der Waals surface area contributed by atoms with Crippen molar-refractivity contribution in [2.24, 2.45) is 5.92 Å². The van der Waals surface area contributed by atoms with Gasteiger partial charge in [-0.2, -0.15) is 0 Å². The molecule has 20 heavy (non-hydrogen) atoms. The van der Waals surface area contributed by atoms with E-state index >= 15 is 0 Å². The van der Waals surface area contributed by atoms with Gasteiger partial charge in [-0.05, 0) is 25.1 Å². The van der Waals surface area contributed by atoms with E-state index in [1.54, 1.807) is 0 Å². The molecule has 0 N–H and O–H groups in total. The van der Waals surface area contributed by atoms with Crippen molar-refractivity contribution in [3.05, 3.63) is 12.2 Å². The standard InChI is InChI=1S/C15H27NO2SSi/c1-11(18-20(5,6)15(2,3)4)12-13(17)16-9-7-8-10-19-14(12)16/h7-8,11-12,14H,9-10H2,1-6H3/t11-,12+,14-/m1/s1. The number of fused-ring (bicyclic) bond motifs is 1. The predicted octanol–water partition coefficient (Wildman–Crippen LogP) is 3.48. The molecule has 0 bridgehead atoms. The number of hydrogen-bond acceptors (Lipinski definition) is 3. The third-order valence-corrected chi connectivity index (χ3v) is 10.7. The minimum Gasteiger partial charge on any atom is -0.413 e. The highest BCUT2D eigenvalue weighted by molar-refractivity contribution is 8.00. The summed E-state index contributed by atoms with van der Waals surface area (Å²) < 4.78 is 6.42. The molecule has 0 aromatic rings. The smallest absolute Gasteiger partial charge is 0.232 e. The summed E-state index contributed by atoms with van der Waals surface area (Å²) in [7, 11) is -1.81. The number of carbonyl (C=O) groups is 1. The fourth-order valence-corrected chi connectivity index (χ4v) is 5.28. The van der Waals surface area contributed by atoms with Gasteiger partial charge < -0.3 is 9.33 Å². The molecule has 1 fully saturated rings. The quantitative estimate of drug-likeness (QED) is 0.454. The first-order valence-corrected chi connectivity index (χ1v) is 11.4. The number of rotatable bonds is 3. The van der Waals surface area contributed by atoms with Crippen LogP contribution in [0.1, 0.15) is 27.7 Å². The van der Waals surface area contributed by atoms with Gasteiger partial charge in [0.15, 0.2) is 8.32 Å². The van der Waals surface area contributed by atoms with Gasteiger partial charge in [-0.15, -0.1) is 11.8 Å². The Morgan fingerprint density at radius 2 is 2.05 bits per heavy atom. The lowest BCUT2D eigenvalue weighted by Gasteiger charge is -2.50. The van der Waals surface area contributed by atoms with E-state index in [0.29, 0.717) is 5.37 Å². The van der Waals surface area contributed by atoms with Gasteiger partial charge in [0, 0.05) is 12.3 Å². The number of thioether (sulfide) groups is 1. The van der Waals surface area contributed by atoms with Crippen LogP contribution in [0.5, 0.6) is 0 Å². The lowest BCUT2D eigenvalue weighted by Crippen LogP contribution is -2.64. The van der Waals surface area contributed by atoms with Crippen LogP contribution >= 0.6 is 11.8 Å². The number of nitrogens with zero attached hydrogens (tertiary/aromatic N) is 1. The highest BCUT2D eigenvalue weighted by Gasteiger charge is 2.52. The summed E-state index contributed by atoms with van der Waals surface area (Å²) in [6.45, 7) is 14.1. The second kappa shape index (κ2) is 5.50. The van der Waals surface area contributed by atoms with Gasteiger partial charge in [0.25, 0.3) is 0 Å². The van der Waals surface area contributed by atoms with Crippen molar-refractivity contribution >= 4 is 26.0 Å². The van der Waals surface area contributed by atoms with Crippen LogP contribution in [0.2, 0.25) is 18.1 Å². The normalized spacial score (nSPS) is 28.7. The topological polar surface area (TPSA) is 29.5 Å². The molecule has 5 heteroatoms. The Hall–Kier alpha value is -0.263. The van der Waals surface area contributed by atoms with Crippen LogP contribution in [-0.4, -0.2) is 42.9 Å². The summed E-state index contributed by atoms with van der Waals surface area (Å²) in [5.41, 5.74) is 0. The average Bonchev–Trinajstić information content (AvgIpc) is 2.49. The maximum atomic E-state index is 12.3. The Morgan fingerprint density at radius 1 is 1.40 bits per heavy atom. The van der Waals surface area contributed by atoms with Crippen molar-refractivity contribution in [2.45, 2.75) is 57.3 Å². The Balaban J connectivity index is 2.04. The first kappa shape index (κ1) is 16.1. The molecule has 2 heterocycles. The van der Waals surface area contributed by atoms with Crippen molar-refractivity contribution in [3.8, 4) is 0 Å². The van der Waals surface area contributed by atoms with Crippen molar-refractivity contribution in [1.29, 1.82) is 0 Å². The van der Waals surface area contributed by atoms with Crippen LogP contribution in [0.25, 0.3) is 0 Å². The minimum atomic E-state index is -1.81. The summed E-state index contributed by atoms with van der Waals surface area (Å²) in [6, 6.07) is 0. The second-order valence-electron chi connectivity index (χ2n) is 7.29. The summed E-state index contributed by atoms with van der Waals surface area (Å²) in [4.78, 5) is 14.3. The molecule has 0 unspecified atom stereocenters. The molecule has 0 spiro atoms. The maximum absolute atomic E-state index is 12.3. The van der Waals surface area contributed by atoms with Crippen LogP contribution in [0.3, 0.4) is 0 Å². The lowest BCUT2D eigenvalue weighted by molar-refractivity contribution is -0.154. The van der Waals surface area contributed by atoms with Crippen LogP contribution in [-0.2, 0) is 9.22 Å². The molecule has 0 aromatic heterocycles. The number of amides is 1. The van der Waals surface area contributed by atoms with Crippen molar-refractivity contribution in [2.75, 3.05) is 12.3 Å². The predicted molar refractivity (Wildman–Crippen MR) is 88.3 cm³/mol. The molecular weight excluding hydrogens is 286 g/mol. The molecule has 3 atom stereocenters. The van der Waals surface area contributed by atoms with Crippen molar-refractivity contribution in [3.63, 3.8) is 0 Å². The Labute approximate surface area is 128 Å². The molecule has 0 saturated carbocycles. The summed E-state index contributed by atoms with van der Waals surface area (Å²) >= 11 is 1.86. The summed E-state index contributed by atoms with van der Waals surface area (Å²) in [6.07, 6.45) is 4.28. The SMILES string of the molecule is C[C@@H](O[Si](C)(C)C(C)(C)C)[C@H]1C(=O)N2CC=CCS[C@H]12. The van der Waals surface area contributed by atoms with E-state index in [4.69, 9.17) is 4.43 Å². The zero-order valence-electron chi connectivity index (χ0n) is 13.5. The third kappa shape index (κ3) is 2.85. The molecule has 1 saturated heterocycles. The lowest BCUT2D eigenvalue weighted by atomic mass is 9.93. The van der Waals surface area contributed by atoms with Gasteiger partial charge in [-0.25, -0.2) is 0 Å². The Morgan fingerprint density at radius 3 is 2.65 bits per heavy atom. The molecule has 0 aromatic carbocycles. The van der Waals surface area contributed by atoms with Crippen LogP contribution < -0.4 is 0 Å². The Bertz CT molecular complexity index is 417. The van der Waals surface area contributed by atoms with E-state index in [1.807, 2.05) is 16.7 Å². The van der Waals surface area contributed by atoms with Gasteiger partial charge in [0.2, 0.25) is 5.91 Å². The van der Waals surface area contributed by atoms with Gasteiger partial charge in [0.05, 0.1) is 17.4 Å². The van der Waals surface area contributed by atoms with E-state index < -0.39 is 8.32 Å². The highest BCUT2D eigenvalue weighted by atomic mass is 32.2. The van der Waals surface area contributed by atoms with Gasteiger partial charge in [0.1, 0.15) is 0 Å². The zero-order chi connectivity index (χ0) is 15.1. The molecule has 0 aliphatic carbocycles. The molecular formula is C15H27NO2SSi. The van der Waals surface area contributed by atoms with Gasteiger partial charge >= 0.3 is 0 Å². The molecule has 3 nitrogen and oxygen atoms in total. The van der Waals surface area contributed by atoms with Crippen molar-refractivity contribution in [1.82, 2.24) is 4.90 Å². The average molecular weight is 314 g/mol. The molecule has 0 radical (unpaired) electrons. The number of β-lactam (4-membered cyclic amide) rings is 1. The van der Waals surface area contributed by atoms with Crippen LogP contribution in [0.15, 0.2) is 12.2 Å². The molecule has 2 rings (SSSR count). The minimum absolute atomic E-state index is 0.0234. The maximum Gasteiger partial charge on any atom is 0.232 e. The molecule has 1 amide bonds. The fourth-order valence-electron chi connectivity index (χ4n) is 2.50. The van der Waals surface area contributed by atoms with Gasteiger partial charge in [-0.3, -0.25) is 4.79 Å². The molecule has 2 aliphatic rings.